The van der Waals surface area contributed by atoms with Gasteiger partial charge in [0.2, 0.25) is 0 Å². The Bertz CT molecular complexity index is 689. The molecule has 3 rings (SSSR count). The lowest BCUT2D eigenvalue weighted by Crippen LogP contribution is -1.92. The van der Waals surface area contributed by atoms with Gasteiger partial charge in [-0.15, -0.1) is 0 Å². The van der Waals surface area contributed by atoms with Gasteiger partial charge in [0.05, 0.1) is 17.6 Å². The van der Waals surface area contributed by atoms with Gasteiger partial charge in [0.25, 0.3) is 0 Å². The zero-order valence-corrected chi connectivity index (χ0v) is 11.1. The first kappa shape index (κ1) is 13.9. The third-order valence-corrected chi connectivity index (χ3v) is 2.92. The van der Waals surface area contributed by atoms with E-state index >= 15 is 0 Å². The molecule has 0 bridgehead atoms. The van der Waals surface area contributed by atoms with Crippen LogP contribution in [0.2, 0.25) is 0 Å². The van der Waals surface area contributed by atoms with Crippen molar-refractivity contribution in [1.29, 1.82) is 0 Å². The van der Waals surface area contributed by atoms with Gasteiger partial charge in [-0.3, -0.25) is 0 Å². The molecule has 0 saturated carbocycles. The highest BCUT2D eigenvalue weighted by Gasteiger charge is 2.08. The Labute approximate surface area is 116 Å². The van der Waals surface area contributed by atoms with Crippen molar-refractivity contribution in [2.75, 3.05) is 6.61 Å². The second kappa shape index (κ2) is 5.63. The average Bonchev–Trinajstić information content (AvgIpc) is 2.85. The van der Waals surface area contributed by atoms with Crippen molar-refractivity contribution >= 4 is 11.0 Å². The molecule has 0 aliphatic carbocycles. The minimum atomic E-state index is 0. The van der Waals surface area contributed by atoms with Crippen molar-refractivity contribution in [3.8, 4) is 22.9 Å². The summed E-state index contributed by atoms with van der Waals surface area (Å²) in [6.07, 6.45) is 0. The van der Waals surface area contributed by atoms with E-state index in [0.29, 0.717) is 12.4 Å². The summed E-state index contributed by atoms with van der Waals surface area (Å²) in [7, 11) is 0. The number of nitrogens with zero attached hydrogens (tertiary/aromatic N) is 1. The van der Waals surface area contributed by atoms with Gasteiger partial charge in [-0.2, -0.15) is 0 Å². The molecule has 0 amide bonds. The zero-order valence-electron chi connectivity index (χ0n) is 11.1. The van der Waals surface area contributed by atoms with Crippen LogP contribution < -0.4 is 4.74 Å². The van der Waals surface area contributed by atoms with Crippen LogP contribution in [0.25, 0.3) is 22.4 Å². The molecule has 2 aromatic carbocycles. The van der Waals surface area contributed by atoms with Crippen molar-refractivity contribution in [2.45, 2.75) is 6.92 Å². The number of ether oxygens (including phenoxy) is 1. The maximum atomic E-state index is 9.89. The first-order chi connectivity index (χ1) is 9.28. The molecule has 0 saturated heterocycles. The summed E-state index contributed by atoms with van der Waals surface area (Å²) in [5.41, 5.74) is 2.72. The highest BCUT2D eigenvalue weighted by Crippen LogP contribution is 2.31. The van der Waals surface area contributed by atoms with Crippen LogP contribution in [0.3, 0.4) is 0 Å². The number of aromatic hydroxyl groups is 1. The van der Waals surface area contributed by atoms with Crippen LogP contribution in [0.5, 0.6) is 11.5 Å². The summed E-state index contributed by atoms with van der Waals surface area (Å²) in [4.78, 5) is 7.72. The van der Waals surface area contributed by atoms with Crippen molar-refractivity contribution in [3.63, 3.8) is 0 Å². The monoisotopic (exact) mass is 272 g/mol. The van der Waals surface area contributed by atoms with Gasteiger partial charge in [0.1, 0.15) is 5.82 Å². The second-order valence-electron chi connectivity index (χ2n) is 4.22. The quantitative estimate of drug-likeness (QED) is 0.767. The van der Waals surface area contributed by atoms with E-state index in [1.165, 1.54) is 0 Å². The van der Waals surface area contributed by atoms with Crippen LogP contribution in [-0.4, -0.2) is 27.2 Å². The molecule has 0 fully saturated rings. The molecule has 104 valence electrons. The lowest BCUT2D eigenvalue weighted by Gasteiger charge is -2.06. The summed E-state index contributed by atoms with van der Waals surface area (Å²) < 4.78 is 5.31. The molecule has 0 unspecified atom stereocenters. The van der Waals surface area contributed by atoms with E-state index in [0.717, 1.165) is 22.4 Å². The van der Waals surface area contributed by atoms with Crippen LogP contribution in [-0.2, 0) is 0 Å². The smallest absolute Gasteiger partial charge is 0.160 e. The first-order valence-corrected chi connectivity index (χ1v) is 6.19. The number of fused-ring (bicyclic) bond motifs is 1. The normalized spacial score (nSPS) is 10.2. The van der Waals surface area contributed by atoms with Crippen molar-refractivity contribution < 1.29 is 15.3 Å². The van der Waals surface area contributed by atoms with Gasteiger partial charge in [-0.05, 0) is 37.3 Å². The largest absolute Gasteiger partial charge is 0.504 e. The molecule has 0 radical (unpaired) electrons. The molecule has 0 aliphatic rings. The van der Waals surface area contributed by atoms with Gasteiger partial charge in [-0.25, -0.2) is 4.98 Å². The number of hydrogen-bond donors (Lipinski definition) is 2. The number of phenolic OH excluding ortho intramolecular Hbond substituents is 1. The SMILES string of the molecule is CCOc1ccc(-c2nc3ccccc3[nH]2)cc1O.O. The fourth-order valence-electron chi connectivity index (χ4n) is 2.03. The molecular weight excluding hydrogens is 256 g/mol. The van der Waals surface area contributed by atoms with E-state index < -0.39 is 0 Å². The molecule has 1 aromatic heterocycles. The predicted molar refractivity (Wildman–Crippen MR) is 78.0 cm³/mol. The van der Waals surface area contributed by atoms with Gasteiger partial charge >= 0.3 is 0 Å². The molecule has 3 aromatic rings. The van der Waals surface area contributed by atoms with Gasteiger partial charge in [0.15, 0.2) is 11.5 Å². The van der Waals surface area contributed by atoms with Crippen LogP contribution in [0.15, 0.2) is 42.5 Å². The third kappa shape index (κ3) is 2.44. The Balaban J connectivity index is 0.00000147. The summed E-state index contributed by atoms with van der Waals surface area (Å²) >= 11 is 0. The minimum Gasteiger partial charge on any atom is -0.504 e. The number of hydrogen-bond acceptors (Lipinski definition) is 3. The highest BCUT2D eigenvalue weighted by atomic mass is 16.5. The molecule has 5 nitrogen and oxygen atoms in total. The summed E-state index contributed by atoms with van der Waals surface area (Å²) in [5, 5.41) is 9.89. The highest BCUT2D eigenvalue weighted by molar-refractivity contribution is 5.79. The maximum absolute atomic E-state index is 9.89. The van der Waals surface area contributed by atoms with E-state index in [1.807, 2.05) is 37.3 Å². The van der Waals surface area contributed by atoms with E-state index in [-0.39, 0.29) is 11.2 Å². The number of benzene rings is 2. The standard InChI is InChI=1S/C15H14N2O2.H2O/c1-2-19-14-8-7-10(9-13(14)18)15-16-11-5-3-4-6-12(11)17-15;/h3-9,18H,2H2,1H3,(H,16,17);1H2. The molecule has 1 heterocycles. The number of imidazole rings is 1. The number of rotatable bonds is 3. The molecule has 0 spiro atoms. The fraction of sp³-hybridized carbons (Fsp3) is 0.133. The first-order valence-electron chi connectivity index (χ1n) is 6.19. The maximum Gasteiger partial charge on any atom is 0.160 e. The Morgan fingerprint density at radius 2 is 2.00 bits per heavy atom. The fourth-order valence-corrected chi connectivity index (χ4v) is 2.03. The molecule has 5 heteroatoms. The average molecular weight is 272 g/mol. The van der Waals surface area contributed by atoms with E-state index in [4.69, 9.17) is 4.74 Å². The topological polar surface area (TPSA) is 89.6 Å². The van der Waals surface area contributed by atoms with Crippen LogP contribution in [0.4, 0.5) is 0 Å². The van der Waals surface area contributed by atoms with Crippen LogP contribution in [0, 0.1) is 0 Å². The second-order valence-corrected chi connectivity index (χ2v) is 4.22. The van der Waals surface area contributed by atoms with Crippen LogP contribution >= 0.6 is 0 Å². The minimum absolute atomic E-state index is 0. The molecular formula is C15H16N2O3. The Hall–Kier alpha value is -2.53. The molecule has 4 N–H and O–H groups in total. The third-order valence-electron chi connectivity index (χ3n) is 2.92. The molecule has 0 aliphatic heterocycles. The number of nitrogens with one attached hydrogen (secondary N) is 1. The molecule has 20 heavy (non-hydrogen) atoms. The summed E-state index contributed by atoms with van der Waals surface area (Å²) in [6, 6.07) is 13.1. The number of aromatic nitrogens is 2. The summed E-state index contributed by atoms with van der Waals surface area (Å²) in [6.45, 7) is 2.41. The van der Waals surface area contributed by atoms with Gasteiger partial charge in [-0.1, -0.05) is 12.1 Å². The summed E-state index contributed by atoms with van der Waals surface area (Å²) in [5.74, 6) is 1.35. The van der Waals surface area contributed by atoms with E-state index in [2.05, 4.69) is 9.97 Å². The van der Waals surface area contributed by atoms with Crippen molar-refractivity contribution in [1.82, 2.24) is 9.97 Å². The van der Waals surface area contributed by atoms with E-state index in [9.17, 15) is 5.11 Å². The number of aromatic amines is 1. The Morgan fingerprint density at radius 1 is 1.20 bits per heavy atom. The zero-order chi connectivity index (χ0) is 13.2. The van der Waals surface area contributed by atoms with Crippen LogP contribution in [0.1, 0.15) is 6.92 Å². The van der Waals surface area contributed by atoms with Gasteiger partial charge in [0, 0.05) is 5.56 Å². The Morgan fingerprint density at radius 3 is 2.70 bits per heavy atom. The lowest BCUT2D eigenvalue weighted by atomic mass is 10.2. The van der Waals surface area contributed by atoms with Gasteiger partial charge < -0.3 is 20.3 Å². The van der Waals surface area contributed by atoms with E-state index in [1.54, 1.807) is 12.1 Å². The lowest BCUT2D eigenvalue weighted by molar-refractivity contribution is 0.318. The predicted octanol–water partition coefficient (Wildman–Crippen LogP) is 2.51. The Kier molecular flexibility index (Phi) is 3.91. The van der Waals surface area contributed by atoms with Crippen molar-refractivity contribution in [2.24, 2.45) is 0 Å². The number of para-hydroxylation sites is 2. The van der Waals surface area contributed by atoms with Crippen molar-refractivity contribution in [3.05, 3.63) is 42.5 Å². The number of H-pyrrole nitrogens is 1. The molecule has 0 atom stereocenters. The number of phenols is 1.